The Labute approximate surface area is 209 Å². The molecule has 1 aliphatic carbocycles. The van der Waals surface area contributed by atoms with Gasteiger partial charge in [-0.05, 0) is 61.1 Å². The van der Waals surface area contributed by atoms with Gasteiger partial charge in [0.1, 0.15) is 23.4 Å². The zero-order valence-corrected chi connectivity index (χ0v) is 20.9. The van der Waals surface area contributed by atoms with Crippen LogP contribution in [0.1, 0.15) is 99.9 Å². The largest absolute Gasteiger partial charge is 0.494 e. The van der Waals surface area contributed by atoms with E-state index in [1.54, 1.807) is 30.3 Å². The number of hydrogen-bond acceptors (Lipinski definition) is 4. The third-order valence-corrected chi connectivity index (χ3v) is 7.07. The molecule has 2 aromatic carbocycles. The normalized spacial score (nSPS) is 17.5. The molecule has 1 saturated carbocycles. The Balaban J connectivity index is 1.31. The number of ether oxygens (including phenoxy) is 2. The smallest absolute Gasteiger partial charge is 0.343 e. The van der Waals surface area contributed by atoms with Gasteiger partial charge < -0.3 is 9.47 Å². The highest BCUT2D eigenvalue weighted by molar-refractivity contribution is 5.91. The number of halogens is 1. The summed E-state index contributed by atoms with van der Waals surface area (Å²) in [5, 5.41) is 8.78. The first-order valence-electron chi connectivity index (χ1n) is 13.2. The Hall–Kier alpha value is -2.87. The van der Waals surface area contributed by atoms with Gasteiger partial charge >= 0.3 is 5.97 Å². The highest BCUT2D eigenvalue weighted by Gasteiger charge is 2.20. The molecule has 0 aromatic heterocycles. The van der Waals surface area contributed by atoms with Crippen LogP contribution in [0.5, 0.6) is 11.5 Å². The zero-order valence-electron chi connectivity index (χ0n) is 20.9. The molecule has 0 aliphatic heterocycles. The van der Waals surface area contributed by atoms with Gasteiger partial charge in [0.05, 0.1) is 17.7 Å². The summed E-state index contributed by atoms with van der Waals surface area (Å²) in [7, 11) is 0. The van der Waals surface area contributed by atoms with Crippen molar-refractivity contribution >= 4 is 5.97 Å². The van der Waals surface area contributed by atoms with Gasteiger partial charge in [0, 0.05) is 6.07 Å². The van der Waals surface area contributed by atoms with Crippen LogP contribution in [0.15, 0.2) is 42.5 Å². The minimum absolute atomic E-state index is 0.0628. The maximum atomic E-state index is 13.7. The molecule has 2 aromatic rings. The minimum Gasteiger partial charge on any atom is -0.494 e. The Morgan fingerprint density at radius 3 is 2.17 bits per heavy atom. The molecule has 1 fully saturated rings. The van der Waals surface area contributed by atoms with E-state index in [-0.39, 0.29) is 11.3 Å². The van der Waals surface area contributed by atoms with Crippen LogP contribution in [0.3, 0.4) is 0 Å². The van der Waals surface area contributed by atoms with Crippen LogP contribution in [0.25, 0.3) is 0 Å². The van der Waals surface area contributed by atoms with Crippen molar-refractivity contribution in [2.45, 2.75) is 84.0 Å². The molecule has 3 rings (SSSR count). The predicted molar refractivity (Wildman–Crippen MR) is 136 cm³/mol. The zero-order chi connectivity index (χ0) is 24.9. The second-order valence-electron chi connectivity index (χ2n) is 9.75. The van der Waals surface area contributed by atoms with E-state index in [0.29, 0.717) is 12.2 Å². The van der Waals surface area contributed by atoms with Gasteiger partial charge in [0.25, 0.3) is 0 Å². The first-order chi connectivity index (χ1) is 17.1. The number of rotatable bonds is 13. The number of hydrogen-bond donors (Lipinski definition) is 0. The van der Waals surface area contributed by atoms with E-state index >= 15 is 0 Å². The lowest BCUT2D eigenvalue weighted by molar-refractivity contribution is 0.0734. The van der Waals surface area contributed by atoms with Crippen LogP contribution < -0.4 is 9.47 Å². The number of unbranched alkanes of at least 4 members (excludes halogenated alkanes) is 4. The van der Waals surface area contributed by atoms with Gasteiger partial charge in [-0.3, -0.25) is 0 Å². The lowest BCUT2D eigenvalue weighted by Crippen LogP contribution is -2.15. The number of carbonyl (C=O) groups is 1. The van der Waals surface area contributed by atoms with E-state index in [1.807, 2.05) is 0 Å². The van der Waals surface area contributed by atoms with Crippen molar-refractivity contribution in [2.75, 3.05) is 6.61 Å². The van der Waals surface area contributed by atoms with Crippen LogP contribution in [0, 0.1) is 29.0 Å². The fourth-order valence-electron chi connectivity index (χ4n) is 4.91. The topological polar surface area (TPSA) is 59.3 Å². The fraction of sp³-hybridized carbons (Fsp3) is 0.533. The molecule has 0 amide bonds. The Bertz CT molecular complexity index is 959. The average molecular weight is 480 g/mol. The van der Waals surface area contributed by atoms with Gasteiger partial charge in [-0.15, -0.1) is 0 Å². The van der Waals surface area contributed by atoms with Crippen LogP contribution in [-0.4, -0.2) is 12.6 Å². The van der Waals surface area contributed by atoms with Crippen molar-refractivity contribution in [1.29, 1.82) is 5.26 Å². The predicted octanol–water partition coefficient (Wildman–Crippen LogP) is 8.24. The van der Waals surface area contributed by atoms with Crippen molar-refractivity contribution in [3.8, 4) is 17.6 Å². The molecular weight excluding hydrogens is 441 g/mol. The molecule has 0 heterocycles. The van der Waals surface area contributed by atoms with Gasteiger partial charge in [0.2, 0.25) is 0 Å². The maximum Gasteiger partial charge on any atom is 0.343 e. The van der Waals surface area contributed by atoms with E-state index in [9.17, 15) is 9.18 Å². The average Bonchev–Trinajstić information content (AvgIpc) is 2.88. The Kier molecular flexibility index (Phi) is 11.1. The van der Waals surface area contributed by atoms with Crippen LogP contribution in [0.4, 0.5) is 4.39 Å². The van der Waals surface area contributed by atoms with Crippen LogP contribution in [0.2, 0.25) is 0 Å². The lowest BCUT2D eigenvalue weighted by atomic mass is 9.78. The second-order valence-corrected chi connectivity index (χ2v) is 9.75. The molecule has 4 nitrogen and oxygen atoms in total. The summed E-state index contributed by atoms with van der Waals surface area (Å²) in [5.41, 5.74) is 0.261. The van der Waals surface area contributed by atoms with Gasteiger partial charge in [-0.25, -0.2) is 9.18 Å². The van der Waals surface area contributed by atoms with E-state index in [0.717, 1.165) is 30.1 Å². The van der Waals surface area contributed by atoms with Gasteiger partial charge in [0.15, 0.2) is 0 Å². The first kappa shape index (κ1) is 26.7. The molecule has 0 bridgehead atoms. The van der Waals surface area contributed by atoms with E-state index < -0.39 is 11.8 Å². The summed E-state index contributed by atoms with van der Waals surface area (Å²) in [5.74, 6) is 1.26. The fourth-order valence-corrected chi connectivity index (χ4v) is 4.91. The van der Waals surface area contributed by atoms with Crippen molar-refractivity contribution < 1.29 is 18.7 Å². The van der Waals surface area contributed by atoms with E-state index in [4.69, 9.17) is 14.7 Å². The molecule has 5 heteroatoms. The summed E-state index contributed by atoms with van der Waals surface area (Å²) in [6.07, 6.45) is 16.1. The molecule has 0 N–H and O–H groups in total. The molecular formula is C30H38FNO3. The van der Waals surface area contributed by atoms with E-state index in [1.165, 1.54) is 82.8 Å². The molecule has 188 valence electrons. The van der Waals surface area contributed by atoms with Crippen molar-refractivity contribution in [3.05, 3.63) is 59.4 Å². The second kappa shape index (κ2) is 14.5. The Morgan fingerprint density at radius 1 is 0.914 bits per heavy atom. The summed E-state index contributed by atoms with van der Waals surface area (Å²) in [6, 6.07) is 12.2. The van der Waals surface area contributed by atoms with Crippen molar-refractivity contribution in [3.63, 3.8) is 0 Å². The summed E-state index contributed by atoms with van der Waals surface area (Å²) in [6.45, 7) is 2.94. The molecule has 0 atom stereocenters. The third-order valence-electron chi connectivity index (χ3n) is 7.07. The first-order valence-corrected chi connectivity index (χ1v) is 13.2. The maximum absolute atomic E-state index is 13.7. The summed E-state index contributed by atoms with van der Waals surface area (Å²) in [4.78, 5) is 12.3. The van der Waals surface area contributed by atoms with Crippen molar-refractivity contribution in [2.24, 2.45) is 11.8 Å². The number of esters is 1. The van der Waals surface area contributed by atoms with Crippen LogP contribution >= 0.6 is 0 Å². The molecule has 35 heavy (non-hydrogen) atoms. The summed E-state index contributed by atoms with van der Waals surface area (Å²) < 4.78 is 24.8. The third kappa shape index (κ3) is 9.02. The lowest BCUT2D eigenvalue weighted by Gasteiger charge is -2.28. The SMILES string of the molecule is CCCCCCC[C@H]1CC[C@H](CCCOc2ccc(C(=O)Oc3ccc(C#N)c(F)c3)cc2)CC1. The Morgan fingerprint density at radius 2 is 1.54 bits per heavy atom. The van der Waals surface area contributed by atoms with Crippen LogP contribution in [-0.2, 0) is 0 Å². The highest BCUT2D eigenvalue weighted by Crippen LogP contribution is 2.34. The summed E-state index contributed by atoms with van der Waals surface area (Å²) >= 11 is 0. The molecule has 0 radical (unpaired) electrons. The minimum atomic E-state index is -0.715. The number of benzene rings is 2. The molecule has 1 aliphatic rings. The monoisotopic (exact) mass is 479 g/mol. The van der Waals surface area contributed by atoms with Crippen molar-refractivity contribution in [1.82, 2.24) is 0 Å². The van der Waals surface area contributed by atoms with Gasteiger partial charge in [-0.2, -0.15) is 5.26 Å². The molecule has 0 spiro atoms. The number of nitriles is 1. The quantitative estimate of drug-likeness (QED) is 0.165. The van der Waals surface area contributed by atoms with Gasteiger partial charge in [-0.1, -0.05) is 71.1 Å². The number of carbonyl (C=O) groups excluding carboxylic acids is 1. The highest BCUT2D eigenvalue weighted by atomic mass is 19.1. The standard InChI is InChI=1S/C30H38FNO3/c1-2-3-4-5-6-8-23-10-12-24(13-11-23)9-7-20-34-27-17-14-25(15-18-27)30(33)35-28-19-16-26(22-32)29(31)21-28/h14-19,21,23-24H,2-13,20H2,1H3/t23-,24-. The molecule has 0 saturated heterocycles. The molecule has 0 unspecified atom stereocenters. The van der Waals surface area contributed by atoms with E-state index in [2.05, 4.69) is 6.92 Å². The number of nitrogens with zero attached hydrogens (tertiary/aromatic N) is 1.